The summed E-state index contributed by atoms with van der Waals surface area (Å²) in [5.41, 5.74) is 5.30. The molecule has 10 rings (SSSR count). The van der Waals surface area contributed by atoms with Gasteiger partial charge in [-0.05, 0) is 110 Å². The number of aromatic nitrogens is 3. The lowest BCUT2D eigenvalue weighted by molar-refractivity contribution is 0.304. The van der Waals surface area contributed by atoms with E-state index in [2.05, 4.69) is 90.8 Å². The van der Waals surface area contributed by atoms with Crippen LogP contribution < -0.4 is 14.2 Å². The molecule has 9 nitrogen and oxygen atoms in total. The first kappa shape index (κ1) is 58.0. The molecule has 12 heteroatoms. The van der Waals surface area contributed by atoms with E-state index in [-0.39, 0.29) is 0 Å². The summed E-state index contributed by atoms with van der Waals surface area (Å²) in [5, 5.41) is 17.2. The third-order valence-electron chi connectivity index (χ3n) is 15.4. The van der Waals surface area contributed by atoms with E-state index in [1.807, 2.05) is 54.6 Å². The maximum absolute atomic E-state index is 6.14. The van der Waals surface area contributed by atoms with Gasteiger partial charge in [-0.2, -0.15) is 0 Å². The molecule has 0 spiro atoms. The Morgan fingerprint density at radius 3 is 0.815 bits per heavy atom. The molecule has 0 amide bonds. The molecule has 0 aliphatic rings. The van der Waals surface area contributed by atoms with E-state index in [9.17, 15) is 0 Å². The first-order valence-electron chi connectivity index (χ1n) is 30.6. The Morgan fingerprint density at radius 1 is 0.309 bits per heavy atom. The number of fused-ring (bicyclic) bond motifs is 6. The number of hydrogen-bond donors (Lipinski definition) is 0. The van der Waals surface area contributed by atoms with Crippen molar-refractivity contribution < 1.29 is 27.8 Å². The highest BCUT2D eigenvalue weighted by Crippen LogP contribution is 2.51. The van der Waals surface area contributed by atoms with Gasteiger partial charge in [0.15, 0.2) is 17.3 Å². The highest BCUT2D eigenvalue weighted by atomic mass is 32.1. The van der Waals surface area contributed by atoms with Crippen LogP contribution in [0.5, 0.6) is 17.2 Å². The van der Waals surface area contributed by atoms with Gasteiger partial charge in [-0.1, -0.05) is 171 Å². The summed E-state index contributed by atoms with van der Waals surface area (Å²) in [5.74, 6) is 4.81. The molecule has 0 N–H and O–H groups in total. The lowest BCUT2D eigenvalue weighted by Crippen LogP contribution is -1.97. The Labute approximate surface area is 491 Å². The van der Waals surface area contributed by atoms with Crippen molar-refractivity contribution >= 4 is 64.3 Å². The molecule has 6 heterocycles. The summed E-state index contributed by atoms with van der Waals surface area (Å²) in [6.45, 7) is 9.01. The Hall–Kier alpha value is -6.21. The summed E-state index contributed by atoms with van der Waals surface area (Å²) in [7, 11) is 0. The van der Waals surface area contributed by atoms with E-state index in [4.69, 9.17) is 27.8 Å². The van der Waals surface area contributed by atoms with Crippen molar-refractivity contribution in [1.82, 2.24) is 15.5 Å². The molecule has 0 radical (unpaired) electrons. The average Bonchev–Trinajstić information content (AvgIpc) is 4.17. The largest absolute Gasteiger partial charge is 0.494 e. The van der Waals surface area contributed by atoms with E-state index in [1.165, 1.54) is 149 Å². The number of hydrogen-bond acceptors (Lipinski definition) is 12. The predicted molar refractivity (Wildman–Crippen MR) is 340 cm³/mol. The minimum atomic E-state index is 0.726. The predicted octanol–water partition coefficient (Wildman–Crippen LogP) is 22.9. The molecule has 0 atom stereocenters. The molecular formula is C69H81N3O6S3. The van der Waals surface area contributed by atoms with Gasteiger partial charge in [-0.15, -0.1) is 34.0 Å². The summed E-state index contributed by atoms with van der Waals surface area (Å²) < 4.78 is 40.3. The zero-order valence-electron chi connectivity index (χ0n) is 48.0. The van der Waals surface area contributed by atoms with Gasteiger partial charge in [-0.3, -0.25) is 0 Å². The van der Waals surface area contributed by atoms with Gasteiger partial charge < -0.3 is 27.8 Å². The first-order valence-corrected chi connectivity index (χ1v) is 33.0. The third kappa shape index (κ3) is 15.7. The molecule has 0 saturated heterocycles. The molecule has 6 aromatic heterocycles. The minimum Gasteiger partial charge on any atom is -0.494 e. The normalized spacial score (nSPS) is 11.7. The SMILES string of the molecule is CCCCCCCCCCOc1ccc(-c2cc(-c3cc4c(s3)c3cc(-c5cc(-c6ccc(OCCCCCCCCCC)cc6)no5)sc3c3cc(-c5cc(-c6ccc(OCCCCCCCCCC)cc6)no5)sc43)on2)cc1. The number of nitrogens with zero attached hydrogens (tertiary/aromatic N) is 3. The van der Waals surface area contributed by atoms with Crippen molar-refractivity contribution in [3.63, 3.8) is 0 Å². The zero-order valence-corrected chi connectivity index (χ0v) is 50.4. The van der Waals surface area contributed by atoms with Crippen molar-refractivity contribution in [2.45, 2.75) is 175 Å². The number of unbranched alkanes of at least 4 members (excludes halogenated alkanes) is 21. The second kappa shape index (κ2) is 30.2. The fraction of sp³-hybridized carbons (Fsp3) is 0.435. The van der Waals surface area contributed by atoms with E-state index < -0.39 is 0 Å². The van der Waals surface area contributed by atoms with Crippen LogP contribution in [0.2, 0.25) is 0 Å². The molecule has 10 aromatic rings. The summed E-state index contributed by atoms with van der Waals surface area (Å²) in [6.07, 6.45) is 30.7. The highest BCUT2D eigenvalue weighted by Gasteiger charge is 2.23. The quantitative estimate of drug-likeness (QED) is 0.0355. The lowest BCUT2D eigenvalue weighted by Gasteiger charge is -2.06. The fourth-order valence-corrected chi connectivity index (χ4v) is 14.3. The van der Waals surface area contributed by atoms with Gasteiger partial charge in [0.05, 0.1) is 34.5 Å². The molecule has 0 aliphatic carbocycles. The third-order valence-corrected chi connectivity index (χ3v) is 19.0. The van der Waals surface area contributed by atoms with Crippen molar-refractivity contribution in [3.8, 4) is 82.9 Å². The van der Waals surface area contributed by atoms with Crippen molar-refractivity contribution in [1.29, 1.82) is 0 Å². The van der Waals surface area contributed by atoms with Crippen LogP contribution in [-0.2, 0) is 0 Å². The zero-order chi connectivity index (χ0) is 55.4. The van der Waals surface area contributed by atoms with E-state index in [1.54, 1.807) is 34.0 Å². The Morgan fingerprint density at radius 2 is 0.556 bits per heavy atom. The van der Waals surface area contributed by atoms with Crippen LogP contribution in [0.4, 0.5) is 0 Å². The molecule has 4 aromatic carbocycles. The van der Waals surface area contributed by atoms with Gasteiger partial charge >= 0.3 is 0 Å². The van der Waals surface area contributed by atoms with Crippen LogP contribution in [0.3, 0.4) is 0 Å². The molecule has 0 aliphatic heterocycles. The minimum absolute atomic E-state index is 0.726. The van der Waals surface area contributed by atoms with Gasteiger partial charge in [-0.25, -0.2) is 0 Å². The number of thiophene rings is 3. The summed E-state index contributed by atoms with van der Waals surface area (Å²) in [6, 6.07) is 37.5. The maximum atomic E-state index is 6.14. The first-order chi connectivity index (χ1) is 40.0. The summed E-state index contributed by atoms with van der Waals surface area (Å²) in [4.78, 5) is 3.01. The molecule has 0 bridgehead atoms. The Balaban J connectivity index is 0.858. The highest BCUT2D eigenvalue weighted by molar-refractivity contribution is 7.29. The van der Waals surface area contributed by atoms with E-state index in [0.29, 0.717) is 0 Å². The number of rotatable bonds is 36. The molecule has 81 heavy (non-hydrogen) atoms. The summed E-state index contributed by atoms with van der Waals surface area (Å²) >= 11 is 5.17. The van der Waals surface area contributed by atoms with E-state index >= 15 is 0 Å². The van der Waals surface area contributed by atoms with Crippen LogP contribution in [0, 0.1) is 0 Å². The number of benzene rings is 4. The monoisotopic (exact) mass is 1140 g/mol. The smallest absolute Gasteiger partial charge is 0.177 e. The van der Waals surface area contributed by atoms with Crippen LogP contribution >= 0.6 is 34.0 Å². The van der Waals surface area contributed by atoms with Crippen molar-refractivity contribution in [2.75, 3.05) is 19.8 Å². The van der Waals surface area contributed by atoms with Crippen molar-refractivity contribution in [3.05, 3.63) is 109 Å². The molecule has 426 valence electrons. The van der Waals surface area contributed by atoms with Crippen LogP contribution in [0.15, 0.2) is 123 Å². The second-order valence-electron chi connectivity index (χ2n) is 21.8. The fourth-order valence-electron chi connectivity index (χ4n) is 10.7. The van der Waals surface area contributed by atoms with Crippen LogP contribution in [-0.4, -0.2) is 35.3 Å². The molecule has 0 unspecified atom stereocenters. The van der Waals surface area contributed by atoms with Gasteiger partial charge in [0.2, 0.25) is 0 Å². The van der Waals surface area contributed by atoms with Crippen LogP contribution in [0.25, 0.3) is 95.9 Å². The van der Waals surface area contributed by atoms with Gasteiger partial charge in [0.1, 0.15) is 34.3 Å². The van der Waals surface area contributed by atoms with Gasteiger partial charge in [0.25, 0.3) is 0 Å². The molecular weight excluding hydrogens is 1060 g/mol. The Kier molecular flexibility index (Phi) is 21.6. The topological polar surface area (TPSA) is 106 Å². The number of ether oxygens (including phenoxy) is 3. The van der Waals surface area contributed by atoms with Crippen LogP contribution in [0.1, 0.15) is 175 Å². The van der Waals surface area contributed by atoms with Gasteiger partial charge in [0, 0.05) is 65.1 Å². The second-order valence-corrected chi connectivity index (χ2v) is 25.0. The Bertz CT molecular complexity index is 2990. The lowest BCUT2D eigenvalue weighted by atomic mass is 10.1. The standard InChI is InChI=1S/C69H81N3O6S3/c1-4-7-10-13-16-19-22-25-40-73-52-34-28-49(29-35-52)58-46-61(76-70-58)64-43-55-67(79-64)56-44-65(62-47-59(71-77-62)50-30-36-53(37-31-50)74-41-26-23-20-17-14-11-8-5-2)81-69(56)57-45-66(80-68(55)57)63-48-60(72-78-63)51-32-38-54(39-33-51)75-42-27-24-21-18-15-12-9-6-3/h28-39,43-48H,4-27,40-42H2,1-3H3. The molecule has 0 fully saturated rings. The molecule has 0 saturated carbocycles. The van der Waals surface area contributed by atoms with Crippen molar-refractivity contribution in [2.24, 2.45) is 0 Å². The maximum Gasteiger partial charge on any atom is 0.177 e. The average molecular weight is 1140 g/mol. The van der Waals surface area contributed by atoms with E-state index in [0.717, 1.165) is 138 Å².